The fourth-order valence-corrected chi connectivity index (χ4v) is 4.17. The third-order valence-corrected chi connectivity index (χ3v) is 6.27. The minimum absolute atomic E-state index is 0.0517. The maximum atomic E-state index is 12.2. The summed E-state index contributed by atoms with van der Waals surface area (Å²) in [6.07, 6.45) is -0.0517. The number of carbonyl (C=O) groups excluding carboxylic acids is 1. The van der Waals surface area contributed by atoms with E-state index in [2.05, 4.69) is 22.9 Å². The van der Waals surface area contributed by atoms with Gasteiger partial charge in [-0.25, -0.2) is 8.42 Å². The fourth-order valence-electron chi connectivity index (χ4n) is 2.91. The summed E-state index contributed by atoms with van der Waals surface area (Å²) < 4.78 is 26.5. The van der Waals surface area contributed by atoms with Crippen molar-refractivity contribution in [3.8, 4) is 0 Å². The van der Waals surface area contributed by atoms with Crippen LogP contribution in [-0.2, 0) is 28.2 Å². The van der Waals surface area contributed by atoms with E-state index in [1.807, 2.05) is 25.2 Å². The molecule has 26 heavy (non-hydrogen) atoms. The average Bonchev–Trinajstić information content (AvgIpc) is 2.92. The van der Waals surface area contributed by atoms with E-state index in [0.29, 0.717) is 6.54 Å². The number of sulfone groups is 1. The summed E-state index contributed by atoms with van der Waals surface area (Å²) in [7, 11) is -1.41. The molecule has 1 N–H and O–H groups in total. The summed E-state index contributed by atoms with van der Waals surface area (Å²) in [6.45, 7) is 2.43. The third-order valence-electron chi connectivity index (χ3n) is 4.54. The zero-order valence-corrected chi connectivity index (χ0v) is 15.7. The molecule has 0 radical (unpaired) electrons. The lowest BCUT2D eigenvalue weighted by molar-refractivity contribution is -0.120. The molecule has 3 aromatic rings. The first-order valence-corrected chi connectivity index (χ1v) is 10.1. The lowest BCUT2D eigenvalue weighted by Crippen LogP contribution is -2.25. The number of amides is 1. The minimum Gasteiger partial charge on any atom is -0.352 e. The van der Waals surface area contributed by atoms with Gasteiger partial charge in [-0.1, -0.05) is 24.3 Å². The molecule has 0 aliphatic carbocycles. The summed E-state index contributed by atoms with van der Waals surface area (Å²) in [5, 5.41) is 3.93. The van der Waals surface area contributed by atoms with Gasteiger partial charge < -0.3 is 9.88 Å². The molecule has 3 rings (SSSR count). The van der Waals surface area contributed by atoms with Gasteiger partial charge in [0.15, 0.2) is 9.84 Å². The van der Waals surface area contributed by atoms with Crippen molar-refractivity contribution in [2.45, 2.75) is 24.8 Å². The summed E-state index contributed by atoms with van der Waals surface area (Å²) >= 11 is 0. The van der Waals surface area contributed by atoms with Crippen LogP contribution < -0.4 is 5.32 Å². The van der Waals surface area contributed by atoms with E-state index in [-0.39, 0.29) is 23.0 Å². The van der Waals surface area contributed by atoms with E-state index in [1.54, 1.807) is 30.3 Å². The minimum atomic E-state index is -3.43. The number of benzene rings is 2. The van der Waals surface area contributed by atoms with Gasteiger partial charge in [0.05, 0.1) is 10.6 Å². The molecule has 0 saturated carbocycles. The Kier molecular flexibility index (Phi) is 5.13. The van der Waals surface area contributed by atoms with Crippen LogP contribution in [0.25, 0.3) is 10.9 Å². The topological polar surface area (TPSA) is 68.2 Å². The first-order chi connectivity index (χ1) is 12.4. The van der Waals surface area contributed by atoms with Crippen LogP contribution in [0.2, 0.25) is 0 Å². The van der Waals surface area contributed by atoms with Crippen LogP contribution in [0.4, 0.5) is 0 Å². The van der Waals surface area contributed by atoms with Gasteiger partial charge in [0.1, 0.15) is 0 Å². The van der Waals surface area contributed by atoms with E-state index < -0.39 is 9.84 Å². The molecule has 0 aliphatic heterocycles. The number of carbonyl (C=O) groups is 1. The van der Waals surface area contributed by atoms with Crippen LogP contribution in [-0.4, -0.2) is 24.6 Å². The van der Waals surface area contributed by atoms with Crippen LogP contribution >= 0.6 is 0 Å². The molecular weight excluding hydrogens is 348 g/mol. The van der Waals surface area contributed by atoms with Crippen LogP contribution in [0.1, 0.15) is 17.7 Å². The van der Waals surface area contributed by atoms with Crippen LogP contribution in [0.3, 0.4) is 0 Å². The number of nitrogens with zero attached hydrogens (tertiary/aromatic N) is 1. The molecule has 0 spiro atoms. The first kappa shape index (κ1) is 18.2. The van der Waals surface area contributed by atoms with Gasteiger partial charge in [-0.3, -0.25) is 4.79 Å². The maximum Gasteiger partial charge on any atom is 0.221 e. The van der Waals surface area contributed by atoms with Crippen LogP contribution in [0.5, 0.6) is 0 Å². The van der Waals surface area contributed by atoms with E-state index in [9.17, 15) is 13.2 Å². The number of aromatic nitrogens is 1. The van der Waals surface area contributed by atoms with Crippen molar-refractivity contribution in [2.24, 2.45) is 7.05 Å². The molecule has 6 heteroatoms. The highest BCUT2D eigenvalue weighted by Gasteiger charge is 2.16. The predicted octanol–water partition coefficient (Wildman–Crippen LogP) is 2.97. The Morgan fingerprint density at radius 2 is 1.81 bits per heavy atom. The predicted molar refractivity (Wildman–Crippen MR) is 103 cm³/mol. The number of hydrogen-bond acceptors (Lipinski definition) is 3. The molecule has 5 nitrogen and oxygen atoms in total. The highest BCUT2D eigenvalue weighted by Crippen LogP contribution is 2.19. The lowest BCUT2D eigenvalue weighted by atomic mass is 10.1. The van der Waals surface area contributed by atoms with Crippen molar-refractivity contribution in [3.05, 3.63) is 65.9 Å². The molecule has 2 aromatic carbocycles. The highest BCUT2D eigenvalue weighted by molar-refractivity contribution is 7.91. The van der Waals surface area contributed by atoms with Crippen molar-refractivity contribution in [2.75, 3.05) is 5.75 Å². The third kappa shape index (κ3) is 3.96. The van der Waals surface area contributed by atoms with E-state index >= 15 is 0 Å². The van der Waals surface area contributed by atoms with Gasteiger partial charge >= 0.3 is 0 Å². The van der Waals surface area contributed by atoms with Crippen molar-refractivity contribution in [3.63, 3.8) is 0 Å². The Morgan fingerprint density at radius 3 is 2.54 bits per heavy atom. The molecule has 0 aliphatic rings. The highest BCUT2D eigenvalue weighted by atomic mass is 32.2. The van der Waals surface area contributed by atoms with Gasteiger partial charge in [-0.2, -0.15) is 0 Å². The number of hydrogen-bond donors (Lipinski definition) is 1. The van der Waals surface area contributed by atoms with Gasteiger partial charge in [0.25, 0.3) is 0 Å². The van der Waals surface area contributed by atoms with E-state index in [1.165, 1.54) is 5.69 Å². The second-order valence-electron chi connectivity index (χ2n) is 6.40. The van der Waals surface area contributed by atoms with Crippen molar-refractivity contribution in [1.82, 2.24) is 9.88 Å². The van der Waals surface area contributed by atoms with Crippen molar-refractivity contribution < 1.29 is 13.2 Å². The normalized spacial score (nSPS) is 11.6. The summed E-state index contributed by atoms with van der Waals surface area (Å²) in [5.74, 6) is -0.464. The van der Waals surface area contributed by atoms with E-state index in [0.717, 1.165) is 16.5 Å². The molecule has 1 aromatic heterocycles. The van der Waals surface area contributed by atoms with Crippen molar-refractivity contribution in [1.29, 1.82) is 0 Å². The second-order valence-corrected chi connectivity index (χ2v) is 8.51. The molecule has 0 atom stereocenters. The Morgan fingerprint density at radius 1 is 1.08 bits per heavy atom. The largest absolute Gasteiger partial charge is 0.352 e. The number of aryl methyl sites for hydroxylation is 2. The zero-order chi connectivity index (χ0) is 18.7. The fraction of sp³-hybridized carbons (Fsp3) is 0.250. The van der Waals surface area contributed by atoms with Gasteiger partial charge in [-0.15, -0.1) is 0 Å². The number of rotatable bonds is 6. The Hall–Kier alpha value is -2.60. The molecule has 0 fully saturated rings. The van der Waals surface area contributed by atoms with Crippen LogP contribution in [0.15, 0.2) is 59.5 Å². The Bertz CT molecular complexity index is 1040. The molecule has 1 heterocycles. The number of fused-ring (bicyclic) bond motifs is 1. The summed E-state index contributed by atoms with van der Waals surface area (Å²) in [6, 6.07) is 16.4. The number of nitrogens with one attached hydrogen (secondary N) is 1. The second kappa shape index (κ2) is 7.33. The van der Waals surface area contributed by atoms with E-state index in [4.69, 9.17) is 0 Å². The molecule has 1 amide bonds. The van der Waals surface area contributed by atoms with Gasteiger partial charge in [0.2, 0.25) is 5.91 Å². The monoisotopic (exact) mass is 370 g/mol. The molecule has 136 valence electrons. The maximum absolute atomic E-state index is 12.2. The smallest absolute Gasteiger partial charge is 0.221 e. The summed E-state index contributed by atoms with van der Waals surface area (Å²) in [4.78, 5) is 12.3. The Balaban J connectivity index is 1.57. The van der Waals surface area contributed by atoms with Gasteiger partial charge in [0, 0.05) is 36.6 Å². The molecule has 0 saturated heterocycles. The average molecular weight is 370 g/mol. The standard InChI is InChI=1S/C20H22N2O3S/c1-15-12-17-13-16(8-9-19(17)22(15)2)14-21-20(23)10-11-26(24,25)18-6-4-3-5-7-18/h3-9,12-13H,10-11,14H2,1-2H3,(H,21,23). The molecule has 0 unspecified atom stereocenters. The Labute approximate surface area is 153 Å². The first-order valence-electron chi connectivity index (χ1n) is 8.46. The van der Waals surface area contributed by atoms with Gasteiger partial charge in [-0.05, 0) is 42.8 Å². The lowest BCUT2D eigenvalue weighted by Gasteiger charge is -2.07. The molecular formula is C20H22N2O3S. The molecule has 0 bridgehead atoms. The SMILES string of the molecule is Cc1cc2cc(CNC(=O)CCS(=O)(=O)c3ccccc3)ccc2n1C. The zero-order valence-electron chi connectivity index (χ0n) is 14.9. The quantitative estimate of drug-likeness (QED) is 0.725. The van der Waals surface area contributed by atoms with Crippen LogP contribution in [0, 0.1) is 6.92 Å². The summed E-state index contributed by atoms with van der Waals surface area (Å²) in [5.41, 5.74) is 3.31. The van der Waals surface area contributed by atoms with Crippen molar-refractivity contribution >= 4 is 26.6 Å².